The Bertz CT molecular complexity index is 683. The highest BCUT2D eigenvalue weighted by Crippen LogP contribution is 2.30. The molecule has 2 unspecified atom stereocenters. The molecule has 0 fully saturated rings. The molecular weight excluding hydrogens is 300 g/mol. The van der Waals surface area contributed by atoms with Crippen molar-refractivity contribution in [2.75, 3.05) is 5.75 Å². The summed E-state index contributed by atoms with van der Waals surface area (Å²) >= 11 is 1.11. The lowest BCUT2D eigenvalue weighted by molar-refractivity contribution is -0.109. The number of carbonyl (C=O) groups is 2. The summed E-state index contributed by atoms with van der Waals surface area (Å²) in [6.07, 6.45) is -1.25. The summed E-state index contributed by atoms with van der Waals surface area (Å²) in [7, 11) is 0. The third kappa shape index (κ3) is 3.74. The van der Waals surface area contributed by atoms with Gasteiger partial charge >= 0.3 is 0 Å². The topological polar surface area (TPSA) is 74.6 Å². The molecule has 2 rings (SSSR count). The van der Waals surface area contributed by atoms with E-state index in [1.807, 2.05) is 30.3 Å². The molecule has 2 aromatic carbocycles. The molecule has 0 bridgehead atoms. The first-order valence-electron chi connectivity index (χ1n) is 7.01. The van der Waals surface area contributed by atoms with E-state index in [1.165, 1.54) is 6.92 Å². The molecule has 0 aliphatic rings. The van der Waals surface area contributed by atoms with Crippen LogP contribution in [0.2, 0.25) is 0 Å². The van der Waals surface area contributed by atoms with Gasteiger partial charge in [0.25, 0.3) is 0 Å². The van der Waals surface area contributed by atoms with Gasteiger partial charge in [0.2, 0.25) is 0 Å². The van der Waals surface area contributed by atoms with Crippen molar-refractivity contribution < 1.29 is 19.8 Å². The van der Waals surface area contributed by atoms with Crippen molar-refractivity contribution in [2.24, 2.45) is 0 Å². The monoisotopic (exact) mass is 318 g/mol. The fourth-order valence-corrected chi connectivity index (χ4v) is 3.07. The number of fused-ring (bicyclic) bond motifs is 1. The molecule has 4 nitrogen and oxygen atoms in total. The van der Waals surface area contributed by atoms with Crippen molar-refractivity contribution >= 4 is 33.9 Å². The molecule has 0 saturated heterocycles. The summed E-state index contributed by atoms with van der Waals surface area (Å²) in [6, 6.07) is 10.9. The largest absolute Gasteiger partial charge is 0.390 e. The first-order valence-corrected chi connectivity index (χ1v) is 7.99. The zero-order chi connectivity index (χ0) is 16.1. The molecule has 0 heterocycles. The van der Waals surface area contributed by atoms with E-state index in [0.717, 1.165) is 22.5 Å². The number of aliphatic hydroxyl groups excluding tert-OH is 2. The fourth-order valence-electron chi connectivity index (χ4n) is 2.42. The van der Waals surface area contributed by atoms with Gasteiger partial charge in [-0.05, 0) is 17.2 Å². The summed E-state index contributed by atoms with van der Waals surface area (Å²) in [5.74, 6) is 0.425. The molecule has 2 aromatic rings. The van der Waals surface area contributed by atoms with E-state index >= 15 is 0 Å². The Labute approximate surface area is 133 Å². The van der Waals surface area contributed by atoms with Gasteiger partial charge in [0.1, 0.15) is 12.4 Å². The third-order valence-electron chi connectivity index (χ3n) is 3.51. The molecule has 0 aliphatic carbocycles. The predicted molar refractivity (Wildman–Crippen MR) is 88.1 cm³/mol. The van der Waals surface area contributed by atoms with Crippen LogP contribution in [0.15, 0.2) is 36.4 Å². The molecule has 0 spiro atoms. The van der Waals surface area contributed by atoms with Crippen LogP contribution < -0.4 is 0 Å². The van der Waals surface area contributed by atoms with Crippen molar-refractivity contribution in [2.45, 2.75) is 25.6 Å². The van der Waals surface area contributed by atoms with Gasteiger partial charge in [-0.1, -0.05) is 48.2 Å². The maximum atomic E-state index is 11.3. The summed E-state index contributed by atoms with van der Waals surface area (Å²) in [4.78, 5) is 22.2. The van der Waals surface area contributed by atoms with Crippen molar-refractivity contribution in [1.29, 1.82) is 0 Å². The van der Waals surface area contributed by atoms with Crippen molar-refractivity contribution in [3.05, 3.63) is 47.5 Å². The number of carbonyl (C=O) groups excluding carboxylic acids is 2. The number of benzene rings is 2. The van der Waals surface area contributed by atoms with E-state index in [9.17, 15) is 19.8 Å². The summed E-state index contributed by atoms with van der Waals surface area (Å²) < 4.78 is 0. The Morgan fingerprint density at radius 1 is 1.23 bits per heavy atom. The van der Waals surface area contributed by atoms with Crippen LogP contribution in [0.1, 0.15) is 35.4 Å². The molecular formula is C17H18O4S. The Morgan fingerprint density at radius 2 is 1.95 bits per heavy atom. The van der Waals surface area contributed by atoms with E-state index in [0.29, 0.717) is 23.2 Å². The minimum absolute atomic E-state index is 0.0274. The Balaban J connectivity index is 2.31. The van der Waals surface area contributed by atoms with Crippen molar-refractivity contribution in [1.82, 2.24) is 0 Å². The van der Waals surface area contributed by atoms with Gasteiger partial charge in [-0.2, -0.15) is 0 Å². The number of aliphatic hydroxyl groups is 2. The summed E-state index contributed by atoms with van der Waals surface area (Å²) in [6.45, 7) is 1.46. The number of aldehydes is 1. The van der Waals surface area contributed by atoms with Crippen LogP contribution in [0.4, 0.5) is 0 Å². The van der Waals surface area contributed by atoms with E-state index in [-0.39, 0.29) is 11.5 Å². The van der Waals surface area contributed by atoms with Gasteiger partial charge in [0.15, 0.2) is 5.12 Å². The highest BCUT2D eigenvalue weighted by atomic mass is 32.2. The van der Waals surface area contributed by atoms with Gasteiger partial charge < -0.3 is 10.2 Å². The zero-order valence-electron chi connectivity index (χ0n) is 12.2. The minimum Gasteiger partial charge on any atom is -0.390 e. The first kappa shape index (κ1) is 16.7. The van der Waals surface area contributed by atoms with Crippen LogP contribution in [-0.4, -0.2) is 33.5 Å². The zero-order valence-corrected chi connectivity index (χ0v) is 13.0. The quantitative estimate of drug-likeness (QED) is 0.801. The second-order valence-corrected chi connectivity index (χ2v) is 6.32. The average molecular weight is 318 g/mol. The minimum atomic E-state index is -1.17. The van der Waals surface area contributed by atoms with Crippen LogP contribution in [0.25, 0.3) is 10.8 Å². The highest BCUT2D eigenvalue weighted by Gasteiger charge is 2.23. The molecule has 5 heteroatoms. The van der Waals surface area contributed by atoms with E-state index in [2.05, 4.69) is 0 Å². The average Bonchev–Trinajstić information content (AvgIpc) is 2.52. The van der Waals surface area contributed by atoms with Crippen LogP contribution in [0.5, 0.6) is 0 Å². The van der Waals surface area contributed by atoms with Crippen LogP contribution >= 0.6 is 11.8 Å². The van der Waals surface area contributed by atoms with E-state index < -0.39 is 12.2 Å². The normalized spacial score (nSPS) is 13.8. The van der Waals surface area contributed by atoms with Crippen LogP contribution in [0.3, 0.4) is 0 Å². The molecule has 0 saturated carbocycles. The molecule has 0 aliphatic heterocycles. The molecule has 116 valence electrons. The standard InChI is InChI=1S/C17H18O4S/c1-11(19)22-9-8-15(20)17(21)16-13(10-18)7-6-12-4-2-3-5-14(12)16/h2-7,10,15,17,20-21H,8-9H2,1H3. The number of hydrogen-bond donors (Lipinski definition) is 2. The summed E-state index contributed by atoms with van der Waals surface area (Å²) in [5.41, 5.74) is 0.804. The molecule has 0 amide bonds. The first-order chi connectivity index (χ1) is 10.5. The van der Waals surface area contributed by atoms with Gasteiger partial charge in [-0.3, -0.25) is 9.59 Å². The highest BCUT2D eigenvalue weighted by molar-refractivity contribution is 8.13. The maximum absolute atomic E-state index is 11.3. The molecule has 2 N–H and O–H groups in total. The lowest BCUT2D eigenvalue weighted by Gasteiger charge is -2.21. The predicted octanol–water partition coefficient (Wildman–Crippen LogP) is 2.72. The number of hydrogen-bond acceptors (Lipinski definition) is 5. The summed E-state index contributed by atoms with van der Waals surface area (Å²) in [5, 5.41) is 22.3. The third-order valence-corrected chi connectivity index (χ3v) is 4.36. The Hall–Kier alpha value is -1.69. The number of rotatable bonds is 6. The SMILES string of the molecule is CC(=O)SCCC(O)C(O)c1c(C=O)ccc2ccccc12. The van der Waals surface area contributed by atoms with Crippen LogP contribution in [-0.2, 0) is 4.79 Å². The van der Waals surface area contributed by atoms with E-state index in [1.54, 1.807) is 6.07 Å². The van der Waals surface area contributed by atoms with E-state index in [4.69, 9.17) is 0 Å². The van der Waals surface area contributed by atoms with Gasteiger partial charge in [-0.25, -0.2) is 0 Å². The fraction of sp³-hybridized carbons (Fsp3) is 0.294. The lowest BCUT2D eigenvalue weighted by Crippen LogP contribution is -2.20. The molecule has 2 atom stereocenters. The maximum Gasteiger partial charge on any atom is 0.185 e. The number of thioether (sulfide) groups is 1. The van der Waals surface area contributed by atoms with Gasteiger partial charge in [0, 0.05) is 23.8 Å². The second kappa shape index (κ2) is 7.54. The lowest BCUT2D eigenvalue weighted by atomic mass is 9.92. The second-order valence-electron chi connectivity index (χ2n) is 5.05. The molecule has 0 radical (unpaired) electrons. The Morgan fingerprint density at radius 3 is 2.64 bits per heavy atom. The van der Waals surface area contributed by atoms with Crippen molar-refractivity contribution in [3.8, 4) is 0 Å². The molecule has 22 heavy (non-hydrogen) atoms. The molecule has 0 aromatic heterocycles. The Kier molecular flexibility index (Phi) is 5.71. The van der Waals surface area contributed by atoms with Gasteiger partial charge in [-0.15, -0.1) is 0 Å². The van der Waals surface area contributed by atoms with Gasteiger partial charge in [0.05, 0.1) is 6.10 Å². The van der Waals surface area contributed by atoms with Crippen LogP contribution in [0, 0.1) is 0 Å². The van der Waals surface area contributed by atoms with Crippen molar-refractivity contribution in [3.63, 3.8) is 0 Å². The smallest absolute Gasteiger partial charge is 0.185 e.